The number of hydrogen-bond donors (Lipinski definition) is 4. The monoisotopic (exact) mass is 809 g/mol. The van der Waals surface area contributed by atoms with Crippen molar-refractivity contribution in [3.63, 3.8) is 0 Å². The summed E-state index contributed by atoms with van der Waals surface area (Å²) in [6, 6.07) is 19.0. The molecule has 2 aliphatic rings. The molecule has 0 fully saturated rings. The van der Waals surface area contributed by atoms with Gasteiger partial charge >= 0.3 is 0 Å². The van der Waals surface area contributed by atoms with Crippen LogP contribution in [-0.2, 0) is 11.2 Å². The number of ether oxygens (including phenoxy) is 2. The van der Waals surface area contributed by atoms with Crippen molar-refractivity contribution in [2.24, 2.45) is 5.41 Å². The lowest BCUT2D eigenvalue weighted by atomic mass is 9.93. The molecular formula is C42H47N7O6S2. The van der Waals surface area contributed by atoms with Gasteiger partial charge in [0.1, 0.15) is 4.88 Å². The predicted octanol–water partition coefficient (Wildman–Crippen LogP) is 6.72. The summed E-state index contributed by atoms with van der Waals surface area (Å²) in [5.74, 6) is 0.142. The van der Waals surface area contributed by atoms with Gasteiger partial charge in [-0.3, -0.25) is 19.2 Å². The summed E-state index contributed by atoms with van der Waals surface area (Å²) < 4.78 is 12.7. The van der Waals surface area contributed by atoms with Crippen molar-refractivity contribution >= 4 is 78.6 Å². The number of nitrogens with one attached hydrogen (secondary N) is 4. The predicted molar refractivity (Wildman–Crippen MR) is 227 cm³/mol. The first-order valence-electron chi connectivity index (χ1n) is 18.9. The van der Waals surface area contributed by atoms with Crippen molar-refractivity contribution < 1.29 is 28.7 Å². The number of methoxy groups -OCH3 is 1. The number of fused-ring (bicyclic) bond motifs is 5. The Bertz CT molecular complexity index is 2350. The lowest BCUT2D eigenvalue weighted by Crippen LogP contribution is -2.41. The van der Waals surface area contributed by atoms with E-state index >= 15 is 0 Å². The van der Waals surface area contributed by atoms with Gasteiger partial charge in [0, 0.05) is 55.2 Å². The third kappa shape index (κ3) is 8.60. The number of carbonyl (C=O) groups is 4. The Hall–Kier alpha value is -5.51. The van der Waals surface area contributed by atoms with E-state index in [0.717, 1.165) is 45.8 Å². The molecule has 5 aromatic rings. The molecule has 0 radical (unpaired) electrons. The molecule has 15 heteroatoms. The topological polar surface area (TPSA) is 154 Å². The lowest BCUT2D eigenvalue weighted by Gasteiger charge is -2.25. The standard InChI is InChI=1S/C42H47N7O6S2/c1-24-37(39(52)46-27-13-14-34-26(16-27)18-35(56-34)38(51)44-23-42(2,3)22-43-4)57-41(45-24)47-36(50)12-9-15-55-33-20-31-29(19-32(33)54-6)40(53)49-28(21-48(31)5)17-25-10-7-8-11-30(25)49/h7-8,10-11,13-14,16,18-20,28,43H,9,12,15,17,21-23H2,1-6H3,(H,44,51)(H,46,52)(H,45,47,50)/t28-/m0/s1. The van der Waals surface area contributed by atoms with E-state index in [1.807, 2.05) is 61.5 Å². The zero-order valence-electron chi connectivity index (χ0n) is 32.9. The fraction of sp³-hybridized carbons (Fsp3) is 0.357. The second kappa shape index (κ2) is 16.5. The zero-order valence-corrected chi connectivity index (χ0v) is 34.5. The van der Waals surface area contributed by atoms with Crippen molar-refractivity contribution in [1.82, 2.24) is 15.6 Å². The van der Waals surface area contributed by atoms with Crippen LogP contribution in [0.5, 0.6) is 11.5 Å². The fourth-order valence-corrected chi connectivity index (χ4v) is 9.20. The van der Waals surface area contributed by atoms with Gasteiger partial charge in [0.05, 0.1) is 41.6 Å². The van der Waals surface area contributed by atoms with Gasteiger partial charge in [0.25, 0.3) is 17.7 Å². The van der Waals surface area contributed by atoms with Crippen molar-refractivity contribution in [3.8, 4) is 11.5 Å². The average molecular weight is 810 g/mol. The van der Waals surface area contributed by atoms with E-state index in [9.17, 15) is 19.2 Å². The maximum absolute atomic E-state index is 13.9. The quantitative estimate of drug-likeness (QED) is 0.0896. The van der Waals surface area contributed by atoms with Crippen LogP contribution in [0.15, 0.2) is 60.7 Å². The summed E-state index contributed by atoms with van der Waals surface area (Å²) in [5, 5.41) is 13.1. The number of likely N-dealkylation sites (N-methyl/N-ethyl adjacent to an activating group) is 1. The van der Waals surface area contributed by atoms with E-state index in [2.05, 4.69) is 51.1 Å². The van der Waals surface area contributed by atoms with E-state index < -0.39 is 0 Å². The Morgan fingerprint density at radius 2 is 1.77 bits per heavy atom. The minimum Gasteiger partial charge on any atom is -0.493 e. The van der Waals surface area contributed by atoms with Gasteiger partial charge in [-0.1, -0.05) is 43.4 Å². The molecule has 4 amide bonds. The second-order valence-electron chi connectivity index (χ2n) is 15.2. The van der Waals surface area contributed by atoms with Gasteiger partial charge in [0.2, 0.25) is 5.91 Å². The van der Waals surface area contributed by atoms with E-state index in [1.54, 1.807) is 26.2 Å². The molecule has 298 valence electrons. The van der Waals surface area contributed by atoms with Gasteiger partial charge in [-0.25, -0.2) is 4.98 Å². The number of aryl methyl sites for hydroxylation is 1. The van der Waals surface area contributed by atoms with Crippen LogP contribution in [0.3, 0.4) is 0 Å². The van der Waals surface area contributed by atoms with Crippen LogP contribution in [0.25, 0.3) is 10.1 Å². The molecule has 3 aromatic carbocycles. The molecule has 0 bridgehead atoms. The maximum atomic E-state index is 13.9. The van der Waals surface area contributed by atoms with Crippen LogP contribution in [0.4, 0.5) is 22.2 Å². The van der Waals surface area contributed by atoms with E-state index in [4.69, 9.17) is 9.47 Å². The molecule has 4 heterocycles. The smallest absolute Gasteiger partial charge is 0.267 e. The van der Waals surface area contributed by atoms with Gasteiger partial charge in [-0.15, -0.1) is 11.3 Å². The number of rotatable bonds is 14. The van der Waals surface area contributed by atoms with Crippen molar-refractivity contribution in [3.05, 3.63) is 87.2 Å². The number of thiophene rings is 1. The first-order chi connectivity index (χ1) is 27.3. The van der Waals surface area contributed by atoms with Gasteiger partial charge in [0.15, 0.2) is 16.6 Å². The van der Waals surface area contributed by atoms with Crippen LogP contribution < -0.4 is 40.5 Å². The molecule has 7 rings (SSSR count). The summed E-state index contributed by atoms with van der Waals surface area (Å²) in [6.45, 7) is 8.12. The minimum atomic E-state index is -0.342. The Balaban J connectivity index is 0.919. The van der Waals surface area contributed by atoms with Crippen molar-refractivity contribution in [2.75, 3.05) is 67.9 Å². The Morgan fingerprint density at radius 1 is 0.965 bits per heavy atom. The summed E-state index contributed by atoms with van der Waals surface area (Å²) in [7, 11) is 5.41. The number of para-hydroxylation sites is 1. The number of benzene rings is 3. The van der Waals surface area contributed by atoms with Crippen LogP contribution in [0.2, 0.25) is 0 Å². The molecule has 2 aliphatic heterocycles. The van der Waals surface area contributed by atoms with Crippen LogP contribution >= 0.6 is 22.7 Å². The summed E-state index contributed by atoms with van der Waals surface area (Å²) >= 11 is 2.50. The molecule has 0 unspecified atom stereocenters. The van der Waals surface area contributed by atoms with Gasteiger partial charge < -0.3 is 40.5 Å². The Labute approximate surface area is 339 Å². The molecule has 1 atom stereocenters. The average Bonchev–Trinajstić information content (AvgIpc) is 3.87. The molecule has 0 saturated heterocycles. The number of amides is 4. The highest BCUT2D eigenvalue weighted by molar-refractivity contribution is 7.20. The minimum absolute atomic E-state index is 0.0250. The number of aromatic nitrogens is 1. The van der Waals surface area contributed by atoms with Gasteiger partial charge in [-0.05, 0) is 79.6 Å². The largest absolute Gasteiger partial charge is 0.493 e. The third-order valence-corrected chi connectivity index (χ3v) is 12.3. The lowest BCUT2D eigenvalue weighted by molar-refractivity contribution is -0.116. The first kappa shape index (κ1) is 39.7. The summed E-state index contributed by atoms with van der Waals surface area (Å²) in [5.41, 5.74) is 4.43. The molecule has 0 aliphatic carbocycles. The Kier molecular flexibility index (Phi) is 11.5. The highest BCUT2D eigenvalue weighted by atomic mass is 32.1. The molecule has 13 nitrogen and oxygen atoms in total. The van der Waals surface area contributed by atoms with E-state index in [-0.39, 0.29) is 48.1 Å². The molecule has 2 aromatic heterocycles. The summed E-state index contributed by atoms with van der Waals surface area (Å²) in [4.78, 5) is 62.3. The van der Waals surface area contributed by atoms with E-state index in [1.165, 1.54) is 16.9 Å². The van der Waals surface area contributed by atoms with Crippen LogP contribution in [-0.4, -0.2) is 82.1 Å². The van der Waals surface area contributed by atoms with Crippen LogP contribution in [0.1, 0.15) is 67.6 Å². The maximum Gasteiger partial charge on any atom is 0.267 e. The number of anilines is 4. The molecule has 4 N–H and O–H groups in total. The number of hydrogen-bond acceptors (Lipinski definition) is 11. The van der Waals surface area contributed by atoms with Crippen molar-refractivity contribution in [1.29, 1.82) is 0 Å². The number of thiazole rings is 1. The number of carbonyl (C=O) groups excluding carboxylic acids is 4. The Morgan fingerprint density at radius 3 is 2.56 bits per heavy atom. The fourth-order valence-electron chi connectivity index (χ4n) is 7.36. The highest BCUT2D eigenvalue weighted by Crippen LogP contribution is 2.42. The summed E-state index contributed by atoms with van der Waals surface area (Å²) in [6.07, 6.45) is 1.37. The van der Waals surface area contributed by atoms with Crippen molar-refractivity contribution in [2.45, 2.75) is 46.1 Å². The SMILES string of the molecule is CNCC(C)(C)CNC(=O)c1cc2cc(NC(=O)c3sc(NC(=O)CCCOc4cc5c(cc4OC)C(=O)N4c6ccccc6C[C@H]4CN5C)nc3C)ccc2s1. The van der Waals surface area contributed by atoms with E-state index in [0.29, 0.717) is 62.8 Å². The molecule has 0 spiro atoms. The first-order valence-corrected chi connectivity index (χ1v) is 20.5. The molecule has 57 heavy (non-hydrogen) atoms. The third-order valence-electron chi connectivity index (χ3n) is 10.1. The molecular weight excluding hydrogens is 763 g/mol. The second-order valence-corrected chi connectivity index (χ2v) is 17.3. The number of nitrogens with zero attached hydrogens (tertiary/aromatic N) is 3. The normalized spacial score (nSPS) is 14.8. The zero-order chi connectivity index (χ0) is 40.4. The molecule has 0 saturated carbocycles. The van der Waals surface area contributed by atoms with Gasteiger partial charge in [-0.2, -0.15) is 0 Å². The highest BCUT2D eigenvalue weighted by Gasteiger charge is 2.39. The van der Waals surface area contributed by atoms with Crippen LogP contribution in [0, 0.1) is 12.3 Å².